The van der Waals surface area contributed by atoms with Gasteiger partial charge in [-0.05, 0) is 73.7 Å². The van der Waals surface area contributed by atoms with Crippen molar-refractivity contribution in [3.05, 3.63) is 71.1 Å². The Morgan fingerprint density at radius 1 is 0.923 bits per heavy atom. The van der Waals surface area contributed by atoms with E-state index in [9.17, 15) is 0 Å². The molecule has 0 amide bonds. The van der Waals surface area contributed by atoms with E-state index in [1.54, 1.807) is 0 Å². The first-order valence-corrected chi connectivity index (χ1v) is 10.0. The van der Waals surface area contributed by atoms with Gasteiger partial charge >= 0.3 is 0 Å². The monoisotopic (exact) mass is 360 g/mol. The number of nitrogens with one attached hydrogen (secondary N) is 1. The zero-order valence-electron chi connectivity index (χ0n) is 15.1. The van der Waals surface area contributed by atoms with Crippen LogP contribution < -0.4 is 5.73 Å². The molecule has 0 radical (unpaired) electrons. The molecule has 4 rings (SSSR count). The van der Waals surface area contributed by atoms with Gasteiger partial charge in [-0.3, -0.25) is 0 Å². The Kier molecular flexibility index (Phi) is 4.91. The first-order chi connectivity index (χ1) is 12.8. The van der Waals surface area contributed by atoms with Crippen LogP contribution >= 0.6 is 11.3 Å². The van der Waals surface area contributed by atoms with Crippen LogP contribution in [0.1, 0.15) is 23.3 Å². The van der Waals surface area contributed by atoms with Crippen molar-refractivity contribution < 1.29 is 0 Å². The highest BCUT2D eigenvalue weighted by molar-refractivity contribution is 7.15. The quantitative estimate of drug-likeness (QED) is 0.398. The fourth-order valence-corrected chi connectivity index (χ4v) is 4.44. The van der Waals surface area contributed by atoms with Gasteiger partial charge in [0.15, 0.2) is 0 Å². The first-order valence-electron chi connectivity index (χ1n) is 9.23. The number of H-pyrrole nitrogens is 1. The molecule has 0 aliphatic rings. The molecule has 0 unspecified atom stereocenters. The van der Waals surface area contributed by atoms with Crippen molar-refractivity contribution in [2.24, 2.45) is 5.73 Å². The van der Waals surface area contributed by atoms with Crippen LogP contribution in [0.2, 0.25) is 0 Å². The normalized spacial score (nSPS) is 11.3. The Labute approximate surface area is 158 Å². The van der Waals surface area contributed by atoms with Gasteiger partial charge in [-0.25, -0.2) is 0 Å². The molecule has 2 aromatic heterocycles. The lowest BCUT2D eigenvalue weighted by Gasteiger charge is -2.05. The summed E-state index contributed by atoms with van der Waals surface area (Å²) in [6.07, 6.45) is 3.24. The summed E-state index contributed by atoms with van der Waals surface area (Å²) in [6, 6.07) is 21.8. The summed E-state index contributed by atoms with van der Waals surface area (Å²) in [4.78, 5) is 6.34. The van der Waals surface area contributed by atoms with Crippen LogP contribution in [0.5, 0.6) is 0 Å². The Balaban J connectivity index is 1.84. The number of hydrogen-bond acceptors (Lipinski definition) is 2. The molecule has 3 N–H and O–H groups in total. The molecule has 0 fully saturated rings. The van der Waals surface area contributed by atoms with Gasteiger partial charge in [-0.1, -0.05) is 36.4 Å². The van der Waals surface area contributed by atoms with Crippen LogP contribution in [0.15, 0.2) is 60.7 Å². The highest BCUT2D eigenvalue weighted by Crippen LogP contribution is 2.37. The molecule has 0 bridgehead atoms. The summed E-state index contributed by atoms with van der Waals surface area (Å²) in [6.45, 7) is 2.92. The average molecular weight is 361 g/mol. The molecule has 0 aliphatic carbocycles. The van der Waals surface area contributed by atoms with Crippen molar-refractivity contribution in [1.29, 1.82) is 0 Å². The number of thiophene rings is 1. The molecule has 132 valence electrons. The summed E-state index contributed by atoms with van der Waals surface area (Å²) in [5.74, 6) is 0. The SMILES string of the molecule is Cc1ccc(-c2[nH]c3ccc(-c4ccccc4)cc3c2CCCCN)s1. The third kappa shape index (κ3) is 3.33. The van der Waals surface area contributed by atoms with Crippen LogP contribution in [-0.4, -0.2) is 11.5 Å². The average Bonchev–Trinajstić information content (AvgIpc) is 3.26. The fourth-order valence-electron chi connectivity index (χ4n) is 3.54. The molecule has 0 spiro atoms. The molecule has 0 saturated carbocycles. The number of hydrogen-bond donors (Lipinski definition) is 2. The van der Waals surface area contributed by atoms with E-state index in [2.05, 4.69) is 72.6 Å². The zero-order valence-corrected chi connectivity index (χ0v) is 15.9. The molecule has 26 heavy (non-hydrogen) atoms. The third-order valence-electron chi connectivity index (χ3n) is 4.88. The molecule has 2 heterocycles. The van der Waals surface area contributed by atoms with E-state index in [0.717, 1.165) is 25.8 Å². The number of aryl methyl sites for hydroxylation is 2. The predicted octanol–water partition coefficient (Wildman–Crippen LogP) is 6.15. The molecule has 4 aromatic rings. The van der Waals surface area contributed by atoms with E-state index in [1.807, 2.05) is 11.3 Å². The van der Waals surface area contributed by atoms with Crippen LogP contribution in [0.25, 0.3) is 32.6 Å². The highest BCUT2D eigenvalue weighted by Gasteiger charge is 2.15. The second-order valence-electron chi connectivity index (χ2n) is 6.76. The van der Waals surface area contributed by atoms with E-state index < -0.39 is 0 Å². The molecule has 0 saturated heterocycles. The van der Waals surface area contributed by atoms with Gasteiger partial charge in [0.05, 0.1) is 10.6 Å². The smallest absolute Gasteiger partial charge is 0.0598 e. The van der Waals surface area contributed by atoms with E-state index in [1.165, 1.54) is 43.0 Å². The number of unbranched alkanes of at least 4 members (excludes halogenated alkanes) is 1. The third-order valence-corrected chi connectivity index (χ3v) is 5.90. The van der Waals surface area contributed by atoms with Crippen LogP contribution in [0.4, 0.5) is 0 Å². The van der Waals surface area contributed by atoms with Crippen molar-refractivity contribution in [3.8, 4) is 21.7 Å². The fraction of sp³-hybridized carbons (Fsp3) is 0.217. The first kappa shape index (κ1) is 17.1. The second-order valence-corrected chi connectivity index (χ2v) is 8.05. The standard InChI is InChI=1S/C23H24N2S/c1-16-10-13-22(26-16)23-19(9-5-6-14-24)20-15-18(11-12-21(20)25-23)17-7-3-2-4-8-17/h2-4,7-8,10-13,15,25H,5-6,9,14,24H2,1H3. The largest absolute Gasteiger partial charge is 0.354 e. The van der Waals surface area contributed by atoms with E-state index >= 15 is 0 Å². The van der Waals surface area contributed by atoms with Gasteiger partial charge in [0.1, 0.15) is 0 Å². The number of aromatic amines is 1. The van der Waals surface area contributed by atoms with E-state index in [0.29, 0.717) is 0 Å². The van der Waals surface area contributed by atoms with Crippen LogP contribution in [-0.2, 0) is 6.42 Å². The van der Waals surface area contributed by atoms with E-state index in [-0.39, 0.29) is 0 Å². The molecule has 3 heteroatoms. The van der Waals surface area contributed by atoms with Crippen molar-refractivity contribution in [2.75, 3.05) is 6.54 Å². The van der Waals surface area contributed by atoms with Crippen molar-refractivity contribution >= 4 is 22.2 Å². The van der Waals surface area contributed by atoms with E-state index in [4.69, 9.17) is 5.73 Å². The zero-order chi connectivity index (χ0) is 17.9. The lowest BCUT2D eigenvalue weighted by atomic mass is 9.99. The van der Waals surface area contributed by atoms with Gasteiger partial charge < -0.3 is 10.7 Å². The lowest BCUT2D eigenvalue weighted by Crippen LogP contribution is -1.99. The van der Waals surface area contributed by atoms with Gasteiger partial charge in [-0.15, -0.1) is 11.3 Å². The highest BCUT2D eigenvalue weighted by atomic mass is 32.1. The minimum absolute atomic E-state index is 0.755. The second kappa shape index (κ2) is 7.48. The molecular weight excluding hydrogens is 336 g/mol. The van der Waals surface area contributed by atoms with Crippen LogP contribution in [0.3, 0.4) is 0 Å². The van der Waals surface area contributed by atoms with Gasteiger partial charge in [0.2, 0.25) is 0 Å². The predicted molar refractivity (Wildman–Crippen MR) is 114 cm³/mol. The molecule has 2 nitrogen and oxygen atoms in total. The summed E-state index contributed by atoms with van der Waals surface area (Å²) in [5.41, 5.74) is 12.2. The number of benzene rings is 2. The molecule has 2 aromatic carbocycles. The Hall–Kier alpha value is -2.36. The maximum Gasteiger partial charge on any atom is 0.0598 e. The van der Waals surface area contributed by atoms with Crippen LogP contribution in [0, 0.1) is 6.92 Å². The topological polar surface area (TPSA) is 41.8 Å². The van der Waals surface area contributed by atoms with Gasteiger partial charge in [0, 0.05) is 15.8 Å². The Morgan fingerprint density at radius 3 is 2.50 bits per heavy atom. The molecular formula is C23H24N2S. The summed E-state index contributed by atoms with van der Waals surface area (Å²) in [7, 11) is 0. The minimum atomic E-state index is 0.755. The van der Waals surface area contributed by atoms with Gasteiger partial charge in [-0.2, -0.15) is 0 Å². The Bertz CT molecular complexity index is 1010. The summed E-state index contributed by atoms with van der Waals surface area (Å²) >= 11 is 1.85. The lowest BCUT2D eigenvalue weighted by molar-refractivity contribution is 0.748. The number of aromatic nitrogens is 1. The Morgan fingerprint density at radius 2 is 1.77 bits per heavy atom. The number of rotatable bonds is 6. The van der Waals surface area contributed by atoms with Crippen molar-refractivity contribution in [1.82, 2.24) is 4.98 Å². The van der Waals surface area contributed by atoms with Crippen molar-refractivity contribution in [3.63, 3.8) is 0 Å². The maximum atomic E-state index is 5.73. The minimum Gasteiger partial charge on any atom is -0.354 e. The van der Waals surface area contributed by atoms with Crippen molar-refractivity contribution in [2.45, 2.75) is 26.2 Å². The summed E-state index contributed by atoms with van der Waals surface area (Å²) < 4.78 is 0. The number of fused-ring (bicyclic) bond motifs is 1. The molecule has 0 aliphatic heterocycles. The number of nitrogens with two attached hydrogens (primary N) is 1. The maximum absolute atomic E-state index is 5.73. The molecule has 0 atom stereocenters. The summed E-state index contributed by atoms with van der Waals surface area (Å²) in [5, 5.41) is 1.34. The van der Waals surface area contributed by atoms with Gasteiger partial charge in [0.25, 0.3) is 0 Å².